The highest BCUT2D eigenvalue weighted by Crippen LogP contribution is 2.46. The van der Waals surface area contributed by atoms with Crippen LogP contribution in [0.15, 0.2) is 36.4 Å². The number of esters is 1. The van der Waals surface area contributed by atoms with Crippen molar-refractivity contribution in [3.63, 3.8) is 0 Å². The lowest BCUT2D eigenvalue weighted by Gasteiger charge is -2.24. The second kappa shape index (κ2) is 9.48. The molecule has 1 aliphatic rings. The van der Waals surface area contributed by atoms with Gasteiger partial charge in [-0.2, -0.15) is 8.78 Å². The van der Waals surface area contributed by atoms with Gasteiger partial charge in [0.05, 0.1) is 30.8 Å². The van der Waals surface area contributed by atoms with Crippen molar-refractivity contribution in [2.24, 2.45) is 0 Å². The second-order valence-electron chi connectivity index (χ2n) is 7.69. The van der Waals surface area contributed by atoms with Crippen molar-refractivity contribution in [1.29, 1.82) is 0 Å². The summed E-state index contributed by atoms with van der Waals surface area (Å²) in [5.74, 6) is -4.07. The molecule has 0 saturated carbocycles. The normalized spacial score (nSPS) is 17.5. The predicted molar refractivity (Wildman–Crippen MR) is 121 cm³/mol. The Kier molecular flexibility index (Phi) is 6.80. The summed E-state index contributed by atoms with van der Waals surface area (Å²) >= 11 is 12.9. The Morgan fingerprint density at radius 2 is 1.97 bits per heavy atom. The molecule has 1 aliphatic heterocycles. The van der Waals surface area contributed by atoms with E-state index >= 15 is 0 Å². The Labute approximate surface area is 204 Å². The van der Waals surface area contributed by atoms with Crippen molar-refractivity contribution in [2.75, 3.05) is 13.7 Å². The summed E-state index contributed by atoms with van der Waals surface area (Å²) in [4.78, 5) is 12.4. The van der Waals surface area contributed by atoms with Gasteiger partial charge in [0.15, 0.2) is 5.82 Å². The maximum atomic E-state index is 14.6. The van der Waals surface area contributed by atoms with Gasteiger partial charge in [-0.15, -0.1) is 10.2 Å². The number of aromatic nitrogens is 3. The number of methoxy groups -OCH3 is 1. The highest BCUT2D eigenvalue weighted by Gasteiger charge is 2.41. The molecule has 0 spiro atoms. The van der Waals surface area contributed by atoms with E-state index in [1.807, 2.05) is 0 Å². The van der Waals surface area contributed by atoms with Crippen LogP contribution in [-0.2, 0) is 20.2 Å². The zero-order valence-electron chi connectivity index (χ0n) is 18.5. The summed E-state index contributed by atoms with van der Waals surface area (Å²) in [6, 6.07) is 9.89. The van der Waals surface area contributed by atoms with E-state index in [-0.39, 0.29) is 23.9 Å². The van der Waals surface area contributed by atoms with Crippen LogP contribution in [-0.4, -0.2) is 34.5 Å². The van der Waals surface area contributed by atoms with Crippen LogP contribution in [0, 0.1) is 0 Å². The molecule has 0 radical (unpaired) electrons. The van der Waals surface area contributed by atoms with Gasteiger partial charge in [-0.25, -0.2) is 0 Å². The molecular formula is C23H21Cl2F2N3O4. The maximum absolute atomic E-state index is 14.6. The van der Waals surface area contributed by atoms with Crippen molar-refractivity contribution in [2.45, 2.75) is 38.4 Å². The summed E-state index contributed by atoms with van der Waals surface area (Å²) in [7, 11) is 1.48. The number of benzene rings is 2. The van der Waals surface area contributed by atoms with E-state index in [4.69, 9.17) is 37.4 Å². The third kappa shape index (κ3) is 4.47. The molecule has 2 heterocycles. The first-order valence-electron chi connectivity index (χ1n) is 10.4. The van der Waals surface area contributed by atoms with Gasteiger partial charge < -0.3 is 14.2 Å². The van der Waals surface area contributed by atoms with Crippen molar-refractivity contribution in [1.82, 2.24) is 14.8 Å². The number of carbonyl (C=O) groups is 1. The number of fused-ring (bicyclic) bond motifs is 3. The van der Waals surface area contributed by atoms with Crippen molar-refractivity contribution < 1.29 is 27.8 Å². The Bertz CT molecular complexity index is 1230. The number of carbonyl (C=O) groups excluding carboxylic acids is 1. The van der Waals surface area contributed by atoms with Crippen LogP contribution in [0.4, 0.5) is 8.78 Å². The van der Waals surface area contributed by atoms with Crippen molar-refractivity contribution in [3.05, 3.63) is 69.2 Å². The fraction of sp³-hybridized carbons (Fsp3) is 0.348. The van der Waals surface area contributed by atoms with E-state index in [0.717, 1.165) is 6.92 Å². The van der Waals surface area contributed by atoms with Crippen LogP contribution in [0.25, 0.3) is 5.69 Å². The molecule has 4 rings (SSSR count). The van der Waals surface area contributed by atoms with Crippen LogP contribution >= 0.6 is 23.2 Å². The van der Waals surface area contributed by atoms with E-state index < -0.39 is 29.9 Å². The Morgan fingerprint density at radius 3 is 2.65 bits per heavy atom. The Balaban J connectivity index is 1.98. The van der Waals surface area contributed by atoms with Crippen LogP contribution < -0.4 is 4.74 Å². The monoisotopic (exact) mass is 511 g/mol. The number of hydrogen-bond acceptors (Lipinski definition) is 6. The Morgan fingerprint density at radius 1 is 1.21 bits per heavy atom. The molecule has 2 aromatic carbocycles. The number of ether oxygens (including phenoxy) is 3. The average molecular weight is 512 g/mol. The molecule has 0 unspecified atom stereocenters. The number of nitrogens with zero attached hydrogens (tertiary/aromatic N) is 3. The first-order valence-corrected chi connectivity index (χ1v) is 11.2. The number of alkyl halides is 2. The smallest absolute Gasteiger partial charge is 0.308 e. The predicted octanol–water partition coefficient (Wildman–Crippen LogP) is 5.81. The minimum atomic E-state index is -3.33. The molecule has 1 aromatic heterocycles. The third-order valence-electron chi connectivity index (χ3n) is 5.33. The zero-order valence-corrected chi connectivity index (χ0v) is 20.0. The fourth-order valence-electron chi connectivity index (χ4n) is 3.90. The van der Waals surface area contributed by atoms with Crippen LogP contribution in [0.3, 0.4) is 0 Å². The minimum Gasteiger partial charge on any atom is -0.495 e. The first-order chi connectivity index (χ1) is 16.2. The molecule has 0 aliphatic carbocycles. The summed E-state index contributed by atoms with van der Waals surface area (Å²) in [5, 5.41) is 8.35. The van der Waals surface area contributed by atoms with Crippen molar-refractivity contribution in [3.8, 4) is 11.4 Å². The van der Waals surface area contributed by atoms with Gasteiger partial charge in [0.25, 0.3) is 0 Å². The van der Waals surface area contributed by atoms with Gasteiger partial charge in [0, 0.05) is 23.1 Å². The maximum Gasteiger partial charge on any atom is 0.308 e. The molecule has 2 atom stereocenters. The van der Waals surface area contributed by atoms with Gasteiger partial charge in [-0.3, -0.25) is 9.36 Å². The highest BCUT2D eigenvalue weighted by molar-refractivity contribution is 6.33. The standard InChI is InChI=1S/C23H21Cl2F2N3O4/c1-4-33-18(31)11-17-21-28-29-22(23(2,26)27)30(21)15-9-8-12(24)10-14(15)20(34-17)13-6-5-7-16(32-3)19(13)25/h5-10,17,20H,4,11H2,1-3H3/t17-,20-/m1/s1. The third-order valence-corrected chi connectivity index (χ3v) is 5.97. The molecule has 0 bridgehead atoms. The summed E-state index contributed by atoms with van der Waals surface area (Å²) < 4.78 is 47.1. The average Bonchev–Trinajstić information content (AvgIpc) is 3.18. The molecule has 11 heteroatoms. The molecule has 34 heavy (non-hydrogen) atoms. The molecular weight excluding hydrogens is 491 g/mol. The van der Waals surface area contributed by atoms with Gasteiger partial charge in [-0.05, 0) is 31.2 Å². The lowest BCUT2D eigenvalue weighted by molar-refractivity contribution is -0.147. The summed E-state index contributed by atoms with van der Waals surface area (Å²) in [6.07, 6.45) is -2.24. The van der Waals surface area contributed by atoms with E-state index in [1.165, 1.54) is 11.7 Å². The summed E-state index contributed by atoms with van der Waals surface area (Å²) in [6.45, 7) is 2.54. The SMILES string of the molecule is CCOC(=O)C[C@H]1O[C@H](c2cccc(OC)c2Cl)c2cc(Cl)ccc2-n2c1nnc2C(C)(F)F. The van der Waals surface area contributed by atoms with Gasteiger partial charge in [-0.1, -0.05) is 35.3 Å². The molecule has 180 valence electrons. The second-order valence-corrected chi connectivity index (χ2v) is 8.50. The highest BCUT2D eigenvalue weighted by atomic mass is 35.5. The van der Waals surface area contributed by atoms with E-state index in [2.05, 4.69) is 10.2 Å². The number of hydrogen-bond donors (Lipinski definition) is 0. The molecule has 0 amide bonds. The molecule has 0 saturated heterocycles. The van der Waals surface area contributed by atoms with E-state index in [9.17, 15) is 13.6 Å². The first kappa shape index (κ1) is 24.4. The topological polar surface area (TPSA) is 75.5 Å². The minimum absolute atomic E-state index is 0.0367. The zero-order chi connectivity index (χ0) is 24.6. The molecule has 0 N–H and O–H groups in total. The van der Waals surface area contributed by atoms with Crippen LogP contribution in [0.5, 0.6) is 5.75 Å². The summed E-state index contributed by atoms with van der Waals surface area (Å²) in [5.41, 5.74) is 1.28. The lowest BCUT2D eigenvalue weighted by Crippen LogP contribution is -2.19. The largest absolute Gasteiger partial charge is 0.495 e. The van der Waals surface area contributed by atoms with Crippen LogP contribution in [0.2, 0.25) is 10.0 Å². The fourth-order valence-corrected chi connectivity index (χ4v) is 4.39. The molecule has 0 fully saturated rings. The van der Waals surface area contributed by atoms with E-state index in [0.29, 0.717) is 27.6 Å². The number of halogens is 4. The van der Waals surface area contributed by atoms with E-state index in [1.54, 1.807) is 43.3 Å². The lowest BCUT2D eigenvalue weighted by atomic mass is 9.99. The van der Waals surface area contributed by atoms with Gasteiger partial charge in [0.1, 0.15) is 18.0 Å². The van der Waals surface area contributed by atoms with Gasteiger partial charge >= 0.3 is 11.9 Å². The number of rotatable bonds is 6. The Hall–Kier alpha value is -2.75. The molecule has 3 aromatic rings. The van der Waals surface area contributed by atoms with Crippen LogP contribution in [0.1, 0.15) is 55.3 Å². The molecule has 7 nitrogen and oxygen atoms in total. The van der Waals surface area contributed by atoms with Gasteiger partial charge in [0.2, 0.25) is 5.82 Å². The quantitative estimate of drug-likeness (QED) is 0.388. The van der Waals surface area contributed by atoms with Crippen molar-refractivity contribution >= 4 is 29.2 Å².